The van der Waals surface area contributed by atoms with E-state index in [0.717, 1.165) is 51.1 Å². The minimum Gasteiger partial charge on any atom is -0.464 e. The molecule has 2 saturated heterocycles. The van der Waals surface area contributed by atoms with Gasteiger partial charge in [0.15, 0.2) is 0 Å². The number of amides is 1. The molecule has 2 fully saturated rings. The van der Waals surface area contributed by atoms with Gasteiger partial charge in [0, 0.05) is 25.0 Å². The fraction of sp³-hybridized carbons (Fsp3) is 0.625. The van der Waals surface area contributed by atoms with Gasteiger partial charge in [0.25, 0.3) is 0 Å². The molecule has 0 aliphatic carbocycles. The minimum atomic E-state index is -0.418. The molecule has 1 amide bonds. The van der Waals surface area contributed by atoms with Gasteiger partial charge in [-0.15, -0.1) is 0 Å². The SMILES string of the molecule is CC(C)(C)OC(=O)N1CCC(CN2CCC(c3cccc4ccoc34)CC2)CC1. The Morgan fingerprint density at radius 2 is 1.79 bits per heavy atom. The molecular weight excluding hydrogens is 364 g/mol. The van der Waals surface area contributed by atoms with E-state index in [4.69, 9.17) is 9.15 Å². The third kappa shape index (κ3) is 4.95. The van der Waals surface area contributed by atoms with Crippen molar-refractivity contribution in [3.05, 3.63) is 36.1 Å². The van der Waals surface area contributed by atoms with Crippen LogP contribution >= 0.6 is 0 Å². The van der Waals surface area contributed by atoms with Crippen LogP contribution in [0.3, 0.4) is 0 Å². The molecule has 29 heavy (non-hydrogen) atoms. The molecule has 0 radical (unpaired) electrons. The number of carbonyl (C=O) groups excluding carboxylic acids is 1. The fourth-order valence-corrected chi connectivity index (χ4v) is 4.75. The average Bonchev–Trinajstić information content (AvgIpc) is 3.17. The fourth-order valence-electron chi connectivity index (χ4n) is 4.75. The van der Waals surface area contributed by atoms with Crippen molar-refractivity contribution in [1.29, 1.82) is 0 Å². The second kappa shape index (κ2) is 8.39. The molecule has 5 nitrogen and oxygen atoms in total. The molecule has 1 aromatic carbocycles. The van der Waals surface area contributed by atoms with E-state index >= 15 is 0 Å². The molecule has 0 saturated carbocycles. The molecule has 0 N–H and O–H groups in total. The second-order valence-electron chi connectivity index (χ2n) is 9.67. The molecule has 3 heterocycles. The number of benzene rings is 1. The number of rotatable bonds is 3. The predicted octanol–water partition coefficient (Wildman–Crippen LogP) is 5.26. The van der Waals surface area contributed by atoms with Gasteiger partial charge in [0.05, 0.1) is 6.26 Å². The smallest absolute Gasteiger partial charge is 0.410 e. The van der Waals surface area contributed by atoms with E-state index in [-0.39, 0.29) is 6.09 Å². The zero-order valence-corrected chi connectivity index (χ0v) is 18.0. The summed E-state index contributed by atoms with van der Waals surface area (Å²) < 4.78 is 11.3. The average molecular weight is 399 g/mol. The maximum absolute atomic E-state index is 12.2. The molecule has 0 atom stereocenters. The molecule has 4 rings (SSSR count). The normalized spacial score (nSPS) is 20.3. The van der Waals surface area contributed by atoms with Crippen molar-refractivity contribution in [3.8, 4) is 0 Å². The highest BCUT2D eigenvalue weighted by Crippen LogP contribution is 2.34. The number of para-hydroxylation sites is 1. The molecule has 0 spiro atoms. The van der Waals surface area contributed by atoms with Gasteiger partial charge in [-0.3, -0.25) is 0 Å². The maximum Gasteiger partial charge on any atom is 0.410 e. The summed E-state index contributed by atoms with van der Waals surface area (Å²) in [5.41, 5.74) is 2.02. The van der Waals surface area contributed by atoms with Crippen LogP contribution in [0.4, 0.5) is 4.79 Å². The highest BCUT2D eigenvalue weighted by molar-refractivity contribution is 5.80. The van der Waals surface area contributed by atoms with Crippen LogP contribution in [0, 0.1) is 5.92 Å². The van der Waals surface area contributed by atoms with Crippen LogP contribution in [0.5, 0.6) is 0 Å². The molecule has 2 aliphatic rings. The van der Waals surface area contributed by atoms with Crippen LogP contribution in [-0.2, 0) is 4.74 Å². The topological polar surface area (TPSA) is 45.9 Å². The van der Waals surface area contributed by atoms with Crippen molar-refractivity contribution >= 4 is 17.1 Å². The largest absolute Gasteiger partial charge is 0.464 e. The lowest BCUT2D eigenvalue weighted by Gasteiger charge is -2.38. The number of hydrogen-bond acceptors (Lipinski definition) is 4. The number of fused-ring (bicyclic) bond motifs is 1. The van der Waals surface area contributed by atoms with E-state index in [2.05, 4.69) is 29.2 Å². The molecular formula is C24H34N2O3. The lowest BCUT2D eigenvalue weighted by atomic mass is 9.87. The van der Waals surface area contributed by atoms with Crippen LogP contribution in [0.2, 0.25) is 0 Å². The van der Waals surface area contributed by atoms with E-state index in [1.165, 1.54) is 23.8 Å². The minimum absolute atomic E-state index is 0.163. The van der Waals surface area contributed by atoms with Gasteiger partial charge in [-0.1, -0.05) is 18.2 Å². The van der Waals surface area contributed by atoms with Crippen LogP contribution in [-0.4, -0.2) is 54.2 Å². The summed E-state index contributed by atoms with van der Waals surface area (Å²) in [6, 6.07) is 8.56. The zero-order valence-electron chi connectivity index (χ0n) is 18.0. The van der Waals surface area contributed by atoms with Crippen LogP contribution in [0.15, 0.2) is 34.9 Å². The quantitative estimate of drug-likeness (QED) is 0.707. The van der Waals surface area contributed by atoms with E-state index < -0.39 is 5.60 Å². The molecule has 158 valence electrons. The highest BCUT2D eigenvalue weighted by Gasteiger charge is 2.29. The predicted molar refractivity (Wildman–Crippen MR) is 115 cm³/mol. The third-order valence-electron chi connectivity index (χ3n) is 6.32. The number of furan rings is 1. The van der Waals surface area contributed by atoms with Crippen molar-refractivity contribution in [2.24, 2.45) is 5.92 Å². The van der Waals surface area contributed by atoms with Crippen molar-refractivity contribution in [2.45, 2.75) is 58.0 Å². The molecule has 1 aromatic heterocycles. The number of carbonyl (C=O) groups is 1. The Morgan fingerprint density at radius 3 is 2.48 bits per heavy atom. The Morgan fingerprint density at radius 1 is 1.07 bits per heavy atom. The van der Waals surface area contributed by atoms with Crippen molar-refractivity contribution in [2.75, 3.05) is 32.7 Å². The Hall–Kier alpha value is -2.01. The Balaban J connectivity index is 1.24. The van der Waals surface area contributed by atoms with Gasteiger partial charge in [-0.25, -0.2) is 4.79 Å². The van der Waals surface area contributed by atoms with Crippen LogP contribution in [0.25, 0.3) is 11.0 Å². The lowest BCUT2D eigenvalue weighted by Crippen LogP contribution is -2.44. The molecule has 2 aliphatic heterocycles. The first-order chi connectivity index (χ1) is 13.9. The maximum atomic E-state index is 12.2. The Labute approximate surface area is 174 Å². The van der Waals surface area contributed by atoms with E-state index in [9.17, 15) is 4.79 Å². The number of piperidine rings is 2. The monoisotopic (exact) mass is 398 g/mol. The zero-order chi connectivity index (χ0) is 20.4. The summed E-state index contributed by atoms with van der Waals surface area (Å²) in [6.45, 7) is 10.9. The molecule has 0 bridgehead atoms. The summed E-state index contributed by atoms with van der Waals surface area (Å²) in [4.78, 5) is 16.7. The molecule has 2 aromatic rings. The summed E-state index contributed by atoms with van der Waals surface area (Å²) in [7, 11) is 0. The first kappa shape index (κ1) is 20.3. The highest BCUT2D eigenvalue weighted by atomic mass is 16.6. The van der Waals surface area contributed by atoms with Crippen LogP contribution < -0.4 is 0 Å². The van der Waals surface area contributed by atoms with Gasteiger partial charge >= 0.3 is 6.09 Å². The van der Waals surface area contributed by atoms with Crippen molar-refractivity contribution < 1.29 is 13.9 Å². The number of likely N-dealkylation sites (tertiary alicyclic amines) is 2. The summed E-state index contributed by atoms with van der Waals surface area (Å²) in [5, 5.41) is 1.21. The first-order valence-electron chi connectivity index (χ1n) is 11.1. The van der Waals surface area contributed by atoms with Crippen molar-refractivity contribution in [3.63, 3.8) is 0 Å². The standard InChI is InChI=1S/C24H34N2O3/c1-24(2,3)29-23(27)26-14-7-18(8-15-26)17-25-12-9-19(10-13-25)21-6-4-5-20-11-16-28-22(20)21/h4-6,11,16,18-19H,7-10,12-15,17H2,1-3H3. The third-order valence-corrected chi connectivity index (χ3v) is 6.32. The number of ether oxygens (including phenoxy) is 1. The van der Waals surface area contributed by atoms with Crippen LogP contribution in [0.1, 0.15) is 57.9 Å². The van der Waals surface area contributed by atoms with Gasteiger partial charge < -0.3 is 19.0 Å². The second-order valence-corrected chi connectivity index (χ2v) is 9.67. The van der Waals surface area contributed by atoms with Crippen molar-refractivity contribution in [1.82, 2.24) is 9.80 Å². The number of nitrogens with zero attached hydrogens (tertiary/aromatic N) is 2. The summed E-state index contributed by atoms with van der Waals surface area (Å²) >= 11 is 0. The summed E-state index contributed by atoms with van der Waals surface area (Å²) in [6.07, 6.45) is 6.17. The van der Waals surface area contributed by atoms with Gasteiger partial charge in [-0.2, -0.15) is 0 Å². The van der Waals surface area contributed by atoms with E-state index in [1.807, 2.05) is 25.7 Å². The first-order valence-corrected chi connectivity index (χ1v) is 11.1. The Bertz CT molecular complexity index is 822. The summed E-state index contributed by atoms with van der Waals surface area (Å²) in [5.74, 6) is 1.27. The van der Waals surface area contributed by atoms with E-state index in [1.54, 1.807) is 6.26 Å². The van der Waals surface area contributed by atoms with Gasteiger partial charge in [0.1, 0.15) is 11.2 Å². The van der Waals surface area contributed by atoms with Gasteiger partial charge in [0.2, 0.25) is 0 Å². The molecule has 5 heteroatoms. The van der Waals surface area contributed by atoms with E-state index in [0.29, 0.717) is 11.8 Å². The lowest BCUT2D eigenvalue weighted by molar-refractivity contribution is 0.0166. The molecule has 0 unspecified atom stereocenters. The van der Waals surface area contributed by atoms with Gasteiger partial charge in [-0.05, 0) is 83.0 Å². The number of hydrogen-bond donors (Lipinski definition) is 0. The Kier molecular flexibility index (Phi) is 5.86.